The van der Waals surface area contributed by atoms with Gasteiger partial charge in [-0.1, -0.05) is 18.2 Å². The molecule has 0 saturated carbocycles. The first-order valence-corrected chi connectivity index (χ1v) is 11.2. The SMILES string of the molecule is O=C(NCc1nc2ccncc2[nH]1)c1ccc(C[C@@H]2CC[C@H]([C@H](O)c3cccnc3)N2)cc1. The number of carbonyl (C=O) groups is 1. The first-order chi connectivity index (χ1) is 16.2. The summed E-state index contributed by atoms with van der Waals surface area (Å²) in [6.45, 7) is 0.321. The van der Waals surface area contributed by atoms with Crippen LogP contribution in [0.2, 0.25) is 0 Å². The predicted octanol–water partition coefficient (Wildman–Crippen LogP) is 2.68. The summed E-state index contributed by atoms with van der Waals surface area (Å²) in [5.74, 6) is 0.553. The number of benzene rings is 1. The molecule has 1 saturated heterocycles. The molecule has 33 heavy (non-hydrogen) atoms. The van der Waals surface area contributed by atoms with Crippen molar-refractivity contribution in [2.45, 2.75) is 44.0 Å². The highest BCUT2D eigenvalue weighted by atomic mass is 16.3. The summed E-state index contributed by atoms with van der Waals surface area (Å²) in [6, 6.07) is 13.6. The molecular formula is C25H26N6O2. The first kappa shape index (κ1) is 21.2. The number of amides is 1. The van der Waals surface area contributed by atoms with Gasteiger partial charge in [0.1, 0.15) is 5.82 Å². The summed E-state index contributed by atoms with van der Waals surface area (Å²) in [6.07, 6.45) is 9.04. The van der Waals surface area contributed by atoms with E-state index in [4.69, 9.17) is 0 Å². The number of aliphatic hydroxyl groups excluding tert-OH is 1. The lowest BCUT2D eigenvalue weighted by atomic mass is 10.0. The highest BCUT2D eigenvalue weighted by Gasteiger charge is 2.30. The molecule has 168 valence electrons. The lowest BCUT2D eigenvalue weighted by Crippen LogP contribution is -2.35. The van der Waals surface area contributed by atoms with Gasteiger partial charge in [0.15, 0.2) is 0 Å². The molecule has 8 nitrogen and oxygen atoms in total. The topological polar surface area (TPSA) is 116 Å². The van der Waals surface area contributed by atoms with E-state index in [9.17, 15) is 9.90 Å². The Hall–Kier alpha value is -3.62. The number of hydrogen-bond acceptors (Lipinski definition) is 6. The van der Waals surface area contributed by atoms with E-state index in [1.54, 1.807) is 24.8 Å². The van der Waals surface area contributed by atoms with Gasteiger partial charge in [-0.15, -0.1) is 0 Å². The van der Waals surface area contributed by atoms with E-state index in [-0.39, 0.29) is 11.9 Å². The van der Waals surface area contributed by atoms with Gasteiger partial charge in [0, 0.05) is 41.8 Å². The zero-order valence-corrected chi connectivity index (χ0v) is 18.1. The monoisotopic (exact) mass is 442 g/mol. The molecule has 4 heterocycles. The fraction of sp³-hybridized carbons (Fsp3) is 0.280. The third-order valence-electron chi connectivity index (χ3n) is 6.13. The van der Waals surface area contributed by atoms with Crippen LogP contribution in [0.3, 0.4) is 0 Å². The highest BCUT2D eigenvalue weighted by molar-refractivity contribution is 5.94. The number of aromatic amines is 1. The number of aliphatic hydroxyl groups is 1. The molecular weight excluding hydrogens is 416 g/mol. The van der Waals surface area contributed by atoms with E-state index >= 15 is 0 Å². The first-order valence-electron chi connectivity index (χ1n) is 11.2. The highest BCUT2D eigenvalue weighted by Crippen LogP contribution is 2.26. The minimum atomic E-state index is -0.558. The van der Waals surface area contributed by atoms with Crippen LogP contribution in [-0.2, 0) is 13.0 Å². The van der Waals surface area contributed by atoms with Gasteiger partial charge in [-0.05, 0) is 49.1 Å². The third kappa shape index (κ3) is 4.92. The summed E-state index contributed by atoms with van der Waals surface area (Å²) in [5.41, 5.74) is 4.28. The van der Waals surface area contributed by atoms with Crippen LogP contribution in [0.1, 0.15) is 46.3 Å². The Kier molecular flexibility index (Phi) is 6.10. The average Bonchev–Trinajstić information content (AvgIpc) is 3.50. The van der Waals surface area contributed by atoms with Gasteiger partial charge in [-0.25, -0.2) is 4.98 Å². The van der Waals surface area contributed by atoms with Crippen LogP contribution in [0.15, 0.2) is 67.3 Å². The summed E-state index contributed by atoms with van der Waals surface area (Å²) in [4.78, 5) is 28.3. The zero-order valence-electron chi connectivity index (χ0n) is 18.1. The molecule has 1 fully saturated rings. The van der Waals surface area contributed by atoms with Crippen molar-refractivity contribution in [3.05, 3.63) is 89.8 Å². The van der Waals surface area contributed by atoms with Crippen LogP contribution in [0.5, 0.6) is 0 Å². The quantitative estimate of drug-likeness (QED) is 0.350. The number of imidazole rings is 1. The van der Waals surface area contributed by atoms with Crippen molar-refractivity contribution in [1.29, 1.82) is 0 Å². The molecule has 0 radical (unpaired) electrons. The number of pyridine rings is 2. The van der Waals surface area contributed by atoms with Crippen LogP contribution >= 0.6 is 0 Å². The largest absolute Gasteiger partial charge is 0.387 e. The lowest BCUT2D eigenvalue weighted by molar-refractivity contribution is 0.0950. The van der Waals surface area contributed by atoms with E-state index in [2.05, 4.69) is 30.6 Å². The van der Waals surface area contributed by atoms with Crippen LogP contribution in [0.25, 0.3) is 11.0 Å². The molecule has 0 spiro atoms. The van der Waals surface area contributed by atoms with Crippen molar-refractivity contribution < 1.29 is 9.90 Å². The van der Waals surface area contributed by atoms with Gasteiger partial charge < -0.3 is 20.7 Å². The number of rotatable bonds is 7. The van der Waals surface area contributed by atoms with Crippen molar-refractivity contribution in [1.82, 2.24) is 30.6 Å². The minimum absolute atomic E-state index is 0.0262. The van der Waals surface area contributed by atoms with Crippen molar-refractivity contribution in [2.24, 2.45) is 0 Å². The normalized spacial score (nSPS) is 18.9. The number of fused-ring (bicyclic) bond motifs is 1. The second kappa shape index (κ2) is 9.48. The van der Waals surface area contributed by atoms with Gasteiger partial charge >= 0.3 is 0 Å². The predicted molar refractivity (Wildman–Crippen MR) is 124 cm³/mol. The van der Waals surface area contributed by atoms with Crippen molar-refractivity contribution >= 4 is 16.9 Å². The fourth-order valence-electron chi connectivity index (χ4n) is 4.38. The van der Waals surface area contributed by atoms with E-state index in [1.165, 1.54) is 0 Å². The number of carbonyl (C=O) groups excluding carboxylic acids is 1. The number of H-pyrrole nitrogens is 1. The fourth-order valence-corrected chi connectivity index (χ4v) is 4.38. The molecule has 1 aliphatic rings. The molecule has 1 amide bonds. The van der Waals surface area contributed by atoms with Crippen LogP contribution in [0, 0.1) is 0 Å². The van der Waals surface area contributed by atoms with E-state index in [0.29, 0.717) is 24.0 Å². The number of aromatic nitrogens is 4. The Bertz CT molecular complexity index is 1190. The number of hydrogen-bond donors (Lipinski definition) is 4. The van der Waals surface area contributed by atoms with Gasteiger partial charge in [0.05, 0.1) is 29.9 Å². The Balaban J connectivity index is 1.13. The smallest absolute Gasteiger partial charge is 0.251 e. The van der Waals surface area contributed by atoms with Crippen molar-refractivity contribution in [3.63, 3.8) is 0 Å². The number of nitrogens with zero attached hydrogens (tertiary/aromatic N) is 3. The van der Waals surface area contributed by atoms with Gasteiger partial charge in [0.2, 0.25) is 0 Å². The molecule has 3 atom stereocenters. The lowest BCUT2D eigenvalue weighted by Gasteiger charge is -2.20. The molecule has 8 heteroatoms. The molecule has 3 aromatic heterocycles. The second-order valence-corrected chi connectivity index (χ2v) is 8.44. The molecule has 0 unspecified atom stereocenters. The molecule has 0 bridgehead atoms. The summed E-state index contributed by atoms with van der Waals surface area (Å²) >= 11 is 0. The second-order valence-electron chi connectivity index (χ2n) is 8.44. The van der Waals surface area contributed by atoms with E-state index < -0.39 is 6.10 Å². The molecule has 1 aromatic carbocycles. The van der Waals surface area contributed by atoms with Gasteiger partial charge in [-0.3, -0.25) is 14.8 Å². The molecule has 1 aliphatic heterocycles. The van der Waals surface area contributed by atoms with Crippen LogP contribution in [0.4, 0.5) is 0 Å². The minimum Gasteiger partial charge on any atom is -0.387 e. The molecule has 0 aliphatic carbocycles. The third-order valence-corrected chi connectivity index (χ3v) is 6.13. The summed E-state index contributed by atoms with van der Waals surface area (Å²) in [5, 5.41) is 17.1. The average molecular weight is 443 g/mol. The maximum Gasteiger partial charge on any atom is 0.251 e. The summed E-state index contributed by atoms with van der Waals surface area (Å²) < 4.78 is 0. The van der Waals surface area contributed by atoms with E-state index in [0.717, 1.165) is 41.4 Å². The van der Waals surface area contributed by atoms with E-state index in [1.807, 2.05) is 42.5 Å². The standard InChI is InChI=1S/C25H26N6O2/c32-24(18-2-1-10-26-13-18)21-8-7-19(29-21)12-16-3-5-17(6-4-16)25(33)28-15-23-30-20-9-11-27-14-22(20)31-23/h1-6,9-11,13-14,19,21,24,29,32H,7-8,12,15H2,(H,28,33)(H,30,31)/t19-,21+,24+/m0/s1. The maximum absolute atomic E-state index is 12.5. The Labute approximate surface area is 191 Å². The molecule has 4 aromatic rings. The van der Waals surface area contributed by atoms with Crippen LogP contribution in [-0.4, -0.2) is 43.0 Å². The van der Waals surface area contributed by atoms with Crippen LogP contribution < -0.4 is 10.6 Å². The number of nitrogens with one attached hydrogen (secondary N) is 3. The van der Waals surface area contributed by atoms with Gasteiger partial charge in [-0.2, -0.15) is 0 Å². The Morgan fingerprint density at radius 1 is 1.09 bits per heavy atom. The Morgan fingerprint density at radius 3 is 2.73 bits per heavy atom. The maximum atomic E-state index is 12.5. The molecule has 4 N–H and O–H groups in total. The van der Waals surface area contributed by atoms with Crippen molar-refractivity contribution in [3.8, 4) is 0 Å². The molecule has 5 rings (SSSR count). The van der Waals surface area contributed by atoms with Crippen molar-refractivity contribution in [2.75, 3.05) is 0 Å². The van der Waals surface area contributed by atoms with Gasteiger partial charge in [0.25, 0.3) is 5.91 Å². The zero-order chi connectivity index (χ0) is 22.6. The summed E-state index contributed by atoms with van der Waals surface area (Å²) in [7, 11) is 0. The Morgan fingerprint density at radius 2 is 1.94 bits per heavy atom.